The van der Waals surface area contributed by atoms with Crippen molar-refractivity contribution < 1.29 is 20.4 Å². The van der Waals surface area contributed by atoms with Crippen molar-refractivity contribution in [3.8, 4) is 0 Å². The van der Waals surface area contributed by atoms with Crippen LogP contribution in [0.25, 0.3) is 0 Å². The summed E-state index contributed by atoms with van der Waals surface area (Å²) in [7, 11) is 0. The SMILES string of the molecule is CCC(O)(CC)CCS[C@@H](C)[C@H]1[C@H](O)C[C@H]2C3=CC=C4C[C@@H](O)C[C@H](O)[C@]4(C)[C@H]3CC[C@]12C. The molecule has 0 aromatic heterocycles. The first kappa shape index (κ1) is 25.8. The Morgan fingerprint density at radius 2 is 1.79 bits per heavy atom. The maximum absolute atomic E-state index is 11.3. The molecule has 4 nitrogen and oxygen atoms in total. The Morgan fingerprint density at radius 1 is 1.09 bits per heavy atom. The van der Waals surface area contributed by atoms with E-state index in [0.717, 1.165) is 44.3 Å². The molecule has 0 heterocycles. The molecule has 4 N–H and O–H groups in total. The van der Waals surface area contributed by atoms with Gasteiger partial charge in [0.15, 0.2) is 0 Å². The first-order valence-corrected chi connectivity index (χ1v) is 14.3. The van der Waals surface area contributed by atoms with E-state index in [1.807, 2.05) is 11.8 Å². The van der Waals surface area contributed by atoms with E-state index in [2.05, 4.69) is 46.8 Å². The zero-order valence-corrected chi connectivity index (χ0v) is 22.1. The Labute approximate surface area is 204 Å². The van der Waals surface area contributed by atoms with E-state index < -0.39 is 17.8 Å². The fraction of sp³-hybridized carbons (Fsp3) is 0.857. The third-order valence-electron chi connectivity index (χ3n) is 10.5. The maximum Gasteiger partial charge on any atom is 0.0661 e. The highest BCUT2D eigenvalue weighted by Crippen LogP contribution is 2.66. The summed E-state index contributed by atoms with van der Waals surface area (Å²) in [6.07, 6.45) is 9.60. The average Bonchev–Trinajstić information content (AvgIpc) is 3.04. The summed E-state index contributed by atoms with van der Waals surface area (Å²) >= 11 is 1.92. The first-order valence-electron chi connectivity index (χ1n) is 13.3. The smallest absolute Gasteiger partial charge is 0.0661 e. The predicted molar refractivity (Wildman–Crippen MR) is 136 cm³/mol. The lowest BCUT2D eigenvalue weighted by Gasteiger charge is -2.56. The van der Waals surface area contributed by atoms with Gasteiger partial charge in [-0.3, -0.25) is 0 Å². The molecule has 0 aromatic rings. The van der Waals surface area contributed by atoms with Crippen molar-refractivity contribution in [2.45, 2.75) is 115 Å². The third kappa shape index (κ3) is 4.18. The van der Waals surface area contributed by atoms with Gasteiger partial charge in [-0.1, -0.05) is 57.9 Å². The number of hydrogen-bond donors (Lipinski definition) is 4. The van der Waals surface area contributed by atoms with Crippen molar-refractivity contribution in [1.29, 1.82) is 0 Å². The van der Waals surface area contributed by atoms with E-state index in [-0.39, 0.29) is 22.9 Å². The molecule has 4 rings (SSSR count). The van der Waals surface area contributed by atoms with Crippen molar-refractivity contribution in [3.63, 3.8) is 0 Å². The minimum Gasteiger partial charge on any atom is -0.393 e. The standard InChI is InChI=1S/C28H46O4S/c1-6-28(32,7-2)12-13-33-17(3)25-23(30)16-22-20-9-8-18-14-19(29)15-24(31)27(18,5)21(20)10-11-26(22,25)4/h8-9,17,19,21-25,29-32H,6-7,10-16H2,1-5H3/t17-,19+,21-,22-,23+,24-,25-,26-,27-/m0/s1. The van der Waals surface area contributed by atoms with Gasteiger partial charge >= 0.3 is 0 Å². The Hall–Kier alpha value is -0.330. The minimum absolute atomic E-state index is 0.0564. The maximum atomic E-state index is 11.3. The third-order valence-corrected chi connectivity index (χ3v) is 11.8. The lowest BCUT2D eigenvalue weighted by Crippen LogP contribution is -2.52. The van der Waals surface area contributed by atoms with E-state index in [4.69, 9.17) is 0 Å². The summed E-state index contributed by atoms with van der Waals surface area (Å²) in [5.41, 5.74) is 1.83. The largest absolute Gasteiger partial charge is 0.393 e. The second-order valence-electron chi connectivity index (χ2n) is 12.0. The number of thioether (sulfide) groups is 1. The van der Waals surface area contributed by atoms with Gasteiger partial charge in [0.05, 0.1) is 23.9 Å². The van der Waals surface area contributed by atoms with Crippen LogP contribution in [0.5, 0.6) is 0 Å². The molecule has 4 aliphatic rings. The van der Waals surface area contributed by atoms with Gasteiger partial charge in [-0.2, -0.15) is 11.8 Å². The van der Waals surface area contributed by atoms with Crippen LogP contribution in [0.3, 0.4) is 0 Å². The van der Waals surface area contributed by atoms with E-state index in [1.54, 1.807) is 0 Å². The molecule has 0 radical (unpaired) electrons. The molecule has 0 unspecified atom stereocenters. The van der Waals surface area contributed by atoms with Gasteiger partial charge in [0.25, 0.3) is 0 Å². The molecule has 0 bridgehead atoms. The first-order chi connectivity index (χ1) is 15.5. The predicted octanol–water partition coefficient (Wildman–Crippen LogP) is 4.85. The van der Waals surface area contributed by atoms with Gasteiger partial charge in [0, 0.05) is 23.0 Å². The Bertz CT molecular complexity index is 789. The minimum atomic E-state index is -0.563. The van der Waals surface area contributed by atoms with Gasteiger partial charge in [-0.15, -0.1) is 0 Å². The summed E-state index contributed by atoms with van der Waals surface area (Å²) in [4.78, 5) is 0. The Balaban J connectivity index is 1.53. The molecular weight excluding hydrogens is 432 g/mol. The molecule has 5 heteroatoms. The van der Waals surface area contributed by atoms with Gasteiger partial charge in [0.1, 0.15) is 0 Å². The lowest BCUT2D eigenvalue weighted by molar-refractivity contribution is -0.0534. The molecular formula is C28H46O4S. The lowest BCUT2D eigenvalue weighted by atomic mass is 9.49. The quantitative estimate of drug-likeness (QED) is 0.421. The monoisotopic (exact) mass is 478 g/mol. The van der Waals surface area contributed by atoms with Crippen molar-refractivity contribution >= 4 is 11.8 Å². The van der Waals surface area contributed by atoms with Crippen LogP contribution in [-0.4, -0.2) is 55.3 Å². The van der Waals surface area contributed by atoms with E-state index in [0.29, 0.717) is 29.9 Å². The van der Waals surface area contributed by atoms with Crippen LogP contribution in [0.4, 0.5) is 0 Å². The topological polar surface area (TPSA) is 80.9 Å². The number of fused-ring (bicyclic) bond motifs is 5. The highest BCUT2D eigenvalue weighted by Gasteiger charge is 2.61. The molecule has 33 heavy (non-hydrogen) atoms. The van der Waals surface area contributed by atoms with Crippen molar-refractivity contribution in [3.05, 3.63) is 23.3 Å². The second-order valence-corrected chi connectivity index (χ2v) is 13.5. The summed E-state index contributed by atoms with van der Waals surface area (Å²) < 4.78 is 0. The fourth-order valence-corrected chi connectivity index (χ4v) is 9.66. The van der Waals surface area contributed by atoms with Crippen LogP contribution in [0.1, 0.15) is 86.0 Å². The van der Waals surface area contributed by atoms with Crippen LogP contribution in [0, 0.1) is 28.6 Å². The van der Waals surface area contributed by atoms with Gasteiger partial charge < -0.3 is 20.4 Å². The zero-order valence-electron chi connectivity index (χ0n) is 21.3. The second kappa shape index (κ2) is 9.28. The summed E-state index contributed by atoms with van der Waals surface area (Å²) in [5, 5.41) is 43.6. The van der Waals surface area contributed by atoms with Crippen LogP contribution in [0.15, 0.2) is 23.3 Å². The van der Waals surface area contributed by atoms with Gasteiger partial charge in [-0.25, -0.2) is 0 Å². The zero-order chi connectivity index (χ0) is 24.2. The molecule has 3 saturated carbocycles. The molecule has 4 aliphatic carbocycles. The molecule has 188 valence electrons. The van der Waals surface area contributed by atoms with Gasteiger partial charge in [-0.05, 0) is 67.9 Å². The van der Waals surface area contributed by atoms with Crippen LogP contribution in [0.2, 0.25) is 0 Å². The van der Waals surface area contributed by atoms with Crippen LogP contribution < -0.4 is 0 Å². The van der Waals surface area contributed by atoms with Crippen molar-refractivity contribution in [1.82, 2.24) is 0 Å². The number of aliphatic hydroxyl groups excluding tert-OH is 3. The molecule has 0 aromatic carbocycles. The van der Waals surface area contributed by atoms with Crippen LogP contribution >= 0.6 is 11.8 Å². The molecule has 0 amide bonds. The fourth-order valence-electron chi connectivity index (χ4n) is 8.10. The molecule has 9 atom stereocenters. The number of aliphatic hydroxyl groups is 4. The average molecular weight is 479 g/mol. The molecule has 0 saturated heterocycles. The van der Waals surface area contributed by atoms with E-state index >= 15 is 0 Å². The normalized spacial score (nSPS) is 43.8. The van der Waals surface area contributed by atoms with Crippen molar-refractivity contribution in [2.24, 2.45) is 28.6 Å². The van der Waals surface area contributed by atoms with E-state index in [1.165, 1.54) is 11.1 Å². The van der Waals surface area contributed by atoms with E-state index in [9.17, 15) is 20.4 Å². The molecule has 0 spiro atoms. The highest BCUT2D eigenvalue weighted by molar-refractivity contribution is 7.99. The number of allylic oxidation sites excluding steroid dienone is 3. The Morgan fingerprint density at radius 3 is 2.45 bits per heavy atom. The summed E-state index contributed by atoms with van der Waals surface area (Å²) in [5.74, 6) is 1.81. The number of hydrogen-bond acceptors (Lipinski definition) is 5. The summed E-state index contributed by atoms with van der Waals surface area (Å²) in [6, 6.07) is 0. The highest BCUT2D eigenvalue weighted by atomic mass is 32.2. The Kier molecular flexibility index (Phi) is 7.24. The number of rotatable bonds is 7. The van der Waals surface area contributed by atoms with Crippen LogP contribution in [-0.2, 0) is 0 Å². The molecule has 3 fully saturated rings. The molecule has 0 aliphatic heterocycles. The van der Waals surface area contributed by atoms with Crippen molar-refractivity contribution in [2.75, 3.05) is 5.75 Å². The summed E-state index contributed by atoms with van der Waals surface area (Å²) in [6.45, 7) is 11.0. The van der Waals surface area contributed by atoms with Gasteiger partial charge in [0.2, 0.25) is 0 Å².